The van der Waals surface area contributed by atoms with Crippen molar-refractivity contribution in [2.75, 3.05) is 23.3 Å². The summed E-state index contributed by atoms with van der Waals surface area (Å²) < 4.78 is 0. The normalized spacial score (nSPS) is 13.9. The molecule has 4 rings (SSSR count). The third-order valence-corrected chi connectivity index (χ3v) is 5.03. The summed E-state index contributed by atoms with van der Waals surface area (Å²) >= 11 is 12.1. The van der Waals surface area contributed by atoms with Gasteiger partial charge in [-0.15, -0.1) is 5.11 Å². The van der Waals surface area contributed by atoms with Gasteiger partial charge >= 0.3 is 0 Å². The molecule has 1 aliphatic heterocycles. The molecule has 29 heavy (non-hydrogen) atoms. The number of rotatable bonds is 6. The van der Waals surface area contributed by atoms with Gasteiger partial charge in [-0.05, 0) is 48.7 Å². The molecule has 0 radical (unpaired) electrons. The SMILES string of the molecule is Clc1cccc(Nc2cc(Cl)nc(N=NCc3ccc(N4CCCC4)cc3)n2)c1. The van der Waals surface area contributed by atoms with Crippen LogP contribution in [0.2, 0.25) is 10.2 Å². The van der Waals surface area contributed by atoms with Crippen molar-refractivity contribution in [2.45, 2.75) is 19.4 Å². The third kappa shape index (κ3) is 5.43. The fourth-order valence-electron chi connectivity index (χ4n) is 3.20. The summed E-state index contributed by atoms with van der Waals surface area (Å²) in [4.78, 5) is 10.9. The number of halogens is 2. The number of hydrogen-bond donors (Lipinski definition) is 1. The van der Waals surface area contributed by atoms with Gasteiger partial charge < -0.3 is 10.2 Å². The number of aromatic nitrogens is 2. The molecule has 1 N–H and O–H groups in total. The molecule has 0 unspecified atom stereocenters. The third-order valence-electron chi connectivity index (χ3n) is 4.60. The fourth-order valence-corrected chi connectivity index (χ4v) is 3.57. The lowest BCUT2D eigenvalue weighted by molar-refractivity contribution is 0.924. The van der Waals surface area contributed by atoms with Gasteiger partial charge in [-0.2, -0.15) is 15.1 Å². The average molecular weight is 427 g/mol. The van der Waals surface area contributed by atoms with Crippen LogP contribution in [0.25, 0.3) is 0 Å². The van der Waals surface area contributed by atoms with Crippen LogP contribution in [0.4, 0.5) is 23.1 Å². The molecule has 3 aromatic rings. The largest absolute Gasteiger partial charge is 0.372 e. The van der Waals surface area contributed by atoms with Gasteiger partial charge in [0.25, 0.3) is 5.95 Å². The van der Waals surface area contributed by atoms with Gasteiger partial charge in [0, 0.05) is 35.6 Å². The van der Waals surface area contributed by atoms with Gasteiger partial charge in [-0.1, -0.05) is 41.4 Å². The first-order chi connectivity index (χ1) is 14.2. The van der Waals surface area contributed by atoms with Crippen LogP contribution in [0.15, 0.2) is 64.8 Å². The maximum Gasteiger partial charge on any atom is 0.271 e. The Hall–Kier alpha value is -2.70. The summed E-state index contributed by atoms with van der Waals surface area (Å²) in [6.07, 6.45) is 2.54. The van der Waals surface area contributed by atoms with Gasteiger partial charge in [0.1, 0.15) is 11.0 Å². The molecule has 0 spiro atoms. The highest BCUT2D eigenvalue weighted by molar-refractivity contribution is 6.31. The first kappa shape index (κ1) is 19.6. The highest BCUT2D eigenvalue weighted by atomic mass is 35.5. The Balaban J connectivity index is 1.40. The van der Waals surface area contributed by atoms with E-state index in [9.17, 15) is 0 Å². The summed E-state index contributed by atoms with van der Waals surface area (Å²) in [5.41, 5.74) is 3.14. The van der Waals surface area contributed by atoms with E-state index in [1.807, 2.05) is 12.1 Å². The minimum Gasteiger partial charge on any atom is -0.372 e. The number of nitrogens with one attached hydrogen (secondary N) is 1. The molecule has 1 fully saturated rings. The molecule has 0 atom stereocenters. The topological polar surface area (TPSA) is 65.8 Å². The molecule has 0 aliphatic carbocycles. The van der Waals surface area contributed by atoms with E-state index < -0.39 is 0 Å². The van der Waals surface area contributed by atoms with Crippen molar-refractivity contribution in [3.63, 3.8) is 0 Å². The second kappa shape index (κ2) is 9.20. The first-order valence-electron chi connectivity index (χ1n) is 9.44. The predicted octanol–water partition coefficient (Wildman–Crippen LogP) is 6.41. The summed E-state index contributed by atoms with van der Waals surface area (Å²) in [5, 5.41) is 12.4. The second-order valence-corrected chi connectivity index (χ2v) is 7.60. The van der Waals surface area contributed by atoms with Crippen LogP contribution < -0.4 is 10.2 Å². The van der Waals surface area contributed by atoms with E-state index in [2.05, 4.69) is 54.7 Å². The number of benzene rings is 2. The van der Waals surface area contributed by atoms with Gasteiger partial charge in [0.05, 0.1) is 6.54 Å². The molecular weight excluding hydrogens is 407 g/mol. The number of azo groups is 1. The smallest absolute Gasteiger partial charge is 0.271 e. The average Bonchev–Trinajstić information content (AvgIpc) is 3.23. The van der Waals surface area contributed by atoms with Crippen molar-refractivity contribution in [1.29, 1.82) is 0 Å². The predicted molar refractivity (Wildman–Crippen MR) is 118 cm³/mol. The Labute approximate surface area is 179 Å². The zero-order valence-electron chi connectivity index (χ0n) is 15.7. The monoisotopic (exact) mass is 426 g/mol. The van der Waals surface area contributed by atoms with Crippen LogP contribution in [0.5, 0.6) is 0 Å². The van der Waals surface area contributed by atoms with E-state index in [4.69, 9.17) is 23.2 Å². The van der Waals surface area contributed by atoms with Crippen LogP contribution in [-0.2, 0) is 6.54 Å². The van der Waals surface area contributed by atoms with Crippen molar-refractivity contribution in [3.05, 3.63) is 70.3 Å². The lowest BCUT2D eigenvalue weighted by Gasteiger charge is -2.17. The van der Waals surface area contributed by atoms with Gasteiger partial charge in [0.2, 0.25) is 0 Å². The molecule has 1 aromatic heterocycles. The Bertz CT molecular complexity index is 1000. The van der Waals surface area contributed by atoms with Crippen LogP contribution in [0.3, 0.4) is 0 Å². The molecule has 8 heteroatoms. The molecule has 0 amide bonds. The molecule has 1 aliphatic rings. The van der Waals surface area contributed by atoms with Gasteiger partial charge in [0.15, 0.2) is 0 Å². The Morgan fingerprint density at radius 1 is 0.966 bits per heavy atom. The standard InChI is InChI=1S/C21H20Cl2N6/c22-16-4-3-5-17(12-16)25-20-13-19(23)26-21(27-20)28-24-14-15-6-8-18(9-7-15)29-10-1-2-11-29/h3-9,12-13H,1-2,10-11,14H2,(H,25,26,27). The van der Waals surface area contributed by atoms with E-state index in [0.717, 1.165) is 24.3 Å². The Morgan fingerprint density at radius 3 is 2.52 bits per heavy atom. The summed E-state index contributed by atoms with van der Waals surface area (Å²) in [6, 6.07) is 17.4. The van der Waals surface area contributed by atoms with Gasteiger partial charge in [-0.25, -0.2) is 0 Å². The highest BCUT2D eigenvalue weighted by Gasteiger charge is 2.11. The first-order valence-corrected chi connectivity index (χ1v) is 10.2. The van der Waals surface area contributed by atoms with Crippen molar-refractivity contribution in [3.8, 4) is 0 Å². The number of hydrogen-bond acceptors (Lipinski definition) is 6. The Morgan fingerprint density at radius 2 is 1.76 bits per heavy atom. The van der Waals surface area contributed by atoms with Crippen LogP contribution in [0, 0.1) is 0 Å². The maximum absolute atomic E-state index is 6.10. The van der Waals surface area contributed by atoms with E-state index in [0.29, 0.717) is 17.4 Å². The molecule has 0 saturated carbocycles. The summed E-state index contributed by atoms with van der Waals surface area (Å²) in [7, 11) is 0. The summed E-state index contributed by atoms with van der Waals surface area (Å²) in [5.74, 6) is 0.729. The molecule has 2 heterocycles. The second-order valence-electron chi connectivity index (χ2n) is 6.77. The molecular formula is C21H20Cl2N6. The fraction of sp³-hybridized carbons (Fsp3) is 0.238. The quantitative estimate of drug-likeness (QED) is 0.365. The van der Waals surface area contributed by atoms with E-state index in [-0.39, 0.29) is 11.1 Å². The van der Waals surface area contributed by atoms with Gasteiger partial charge in [-0.3, -0.25) is 0 Å². The molecule has 0 bridgehead atoms. The highest BCUT2D eigenvalue weighted by Crippen LogP contribution is 2.23. The number of nitrogens with zero attached hydrogens (tertiary/aromatic N) is 5. The van der Waals surface area contributed by atoms with Crippen molar-refractivity contribution < 1.29 is 0 Å². The zero-order valence-corrected chi connectivity index (χ0v) is 17.2. The lowest BCUT2D eigenvalue weighted by atomic mass is 10.2. The van der Waals surface area contributed by atoms with E-state index >= 15 is 0 Å². The zero-order chi connectivity index (χ0) is 20.1. The molecule has 6 nitrogen and oxygen atoms in total. The van der Waals surface area contributed by atoms with Crippen molar-refractivity contribution in [2.24, 2.45) is 10.2 Å². The van der Waals surface area contributed by atoms with Crippen molar-refractivity contribution >= 4 is 46.3 Å². The minimum atomic E-state index is 0.204. The molecule has 2 aromatic carbocycles. The minimum absolute atomic E-state index is 0.204. The lowest BCUT2D eigenvalue weighted by Crippen LogP contribution is -2.17. The van der Waals surface area contributed by atoms with Crippen LogP contribution >= 0.6 is 23.2 Å². The Kier molecular flexibility index (Phi) is 6.22. The summed E-state index contributed by atoms with van der Waals surface area (Å²) in [6.45, 7) is 2.72. The maximum atomic E-state index is 6.10. The van der Waals surface area contributed by atoms with Crippen LogP contribution in [-0.4, -0.2) is 23.1 Å². The van der Waals surface area contributed by atoms with E-state index in [1.54, 1.807) is 18.2 Å². The van der Waals surface area contributed by atoms with Crippen molar-refractivity contribution in [1.82, 2.24) is 9.97 Å². The van der Waals surface area contributed by atoms with Crippen LogP contribution in [0.1, 0.15) is 18.4 Å². The van der Waals surface area contributed by atoms with E-state index in [1.165, 1.54) is 18.5 Å². The molecule has 148 valence electrons. The molecule has 1 saturated heterocycles. The number of anilines is 3.